The van der Waals surface area contributed by atoms with E-state index >= 15 is 0 Å². The van der Waals surface area contributed by atoms with Crippen LogP contribution in [0.2, 0.25) is 15.1 Å². The molecule has 0 saturated carbocycles. The number of benzene rings is 1. The number of ether oxygens (including phenoxy) is 2. The monoisotopic (exact) mass is 455 g/mol. The highest BCUT2D eigenvalue weighted by atomic mass is 35.5. The van der Waals surface area contributed by atoms with Gasteiger partial charge in [0.05, 0.1) is 21.8 Å². The Morgan fingerprint density at radius 2 is 2.04 bits per heavy atom. The Kier molecular flexibility index (Phi) is 7.85. The normalized spacial score (nSPS) is 11.3. The van der Waals surface area contributed by atoms with E-state index in [9.17, 15) is 13.6 Å². The second-order valence-electron chi connectivity index (χ2n) is 5.09. The largest absolute Gasteiger partial charge is 0.456 e. The van der Waals surface area contributed by atoms with Gasteiger partial charge >= 0.3 is 12.6 Å². The molecule has 12 heteroatoms. The highest BCUT2D eigenvalue weighted by Crippen LogP contribution is 2.40. The van der Waals surface area contributed by atoms with Crippen molar-refractivity contribution in [1.29, 1.82) is 0 Å². The number of nitrogens with zero attached hydrogens (tertiary/aromatic N) is 3. The van der Waals surface area contributed by atoms with Crippen LogP contribution < -0.4 is 4.74 Å². The van der Waals surface area contributed by atoms with Gasteiger partial charge < -0.3 is 14.3 Å². The predicted octanol–water partition coefficient (Wildman–Crippen LogP) is 4.83. The molecule has 0 atom stereocenters. The molecular weight excluding hydrogens is 443 g/mol. The summed E-state index contributed by atoms with van der Waals surface area (Å²) in [5.41, 5.74) is 0.197. The van der Waals surface area contributed by atoms with Crippen LogP contribution in [-0.2, 0) is 16.6 Å². The molecule has 1 aromatic heterocycles. The first-order chi connectivity index (χ1) is 13.3. The summed E-state index contributed by atoms with van der Waals surface area (Å²) in [6, 6.07) is 2.59. The van der Waals surface area contributed by atoms with Crippen LogP contribution in [0.1, 0.15) is 17.3 Å². The Balaban J connectivity index is 2.35. The van der Waals surface area contributed by atoms with Gasteiger partial charge in [-0.15, -0.1) is 0 Å². The lowest BCUT2D eigenvalue weighted by atomic mass is 10.1. The average molecular weight is 457 g/mol. The summed E-state index contributed by atoms with van der Waals surface area (Å²) >= 11 is 18.3. The van der Waals surface area contributed by atoms with Crippen LogP contribution in [0.5, 0.6) is 5.88 Å². The zero-order chi connectivity index (χ0) is 20.8. The Hall–Kier alpha value is -2.10. The Morgan fingerprint density at radius 1 is 1.32 bits per heavy atom. The van der Waals surface area contributed by atoms with Crippen molar-refractivity contribution in [3.63, 3.8) is 0 Å². The number of aryl methyl sites for hydroxylation is 1. The quantitative estimate of drug-likeness (QED) is 0.323. The lowest BCUT2D eigenvalue weighted by Gasteiger charge is -2.08. The predicted molar refractivity (Wildman–Crippen MR) is 101 cm³/mol. The van der Waals surface area contributed by atoms with Crippen molar-refractivity contribution in [3.05, 3.63) is 32.8 Å². The molecule has 2 rings (SSSR count). The Bertz CT molecular complexity index is 891. The minimum Gasteiger partial charge on any atom is -0.456 e. The summed E-state index contributed by atoms with van der Waals surface area (Å²) in [5, 5.41) is 7.50. The van der Waals surface area contributed by atoms with Crippen LogP contribution in [0.15, 0.2) is 17.3 Å². The Morgan fingerprint density at radius 3 is 2.68 bits per heavy atom. The summed E-state index contributed by atoms with van der Waals surface area (Å²) in [7, 11) is 1.36. The lowest BCUT2D eigenvalue weighted by molar-refractivity contribution is -0.0552. The minimum absolute atomic E-state index is 0.0241. The van der Waals surface area contributed by atoms with E-state index in [4.69, 9.17) is 44.4 Å². The van der Waals surface area contributed by atoms with Gasteiger partial charge in [-0.05, 0) is 19.1 Å². The molecule has 0 aliphatic carbocycles. The molecule has 0 saturated heterocycles. The third-order valence-electron chi connectivity index (χ3n) is 3.24. The van der Waals surface area contributed by atoms with Gasteiger partial charge in [0.2, 0.25) is 5.88 Å². The van der Waals surface area contributed by atoms with Gasteiger partial charge in [0.15, 0.2) is 0 Å². The van der Waals surface area contributed by atoms with Crippen LogP contribution in [0, 0.1) is 0 Å². The maximum absolute atomic E-state index is 12.5. The topological polar surface area (TPSA) is 74.9 Å². The van der Waals surface area contributed by atoms with E-state index in [1.807, 2.05) is 0 Å². The van der Waals surface area contributed by atoms with Crippen molar-refractivity contribution in [2.45, 2.75) is 13.5 Å². The molecule has 0 N–H and O–H groups in total. The molecule has 28 heavy (non-hydrogen) atoms. The average Bonchev–Trinajstić information content (AvgIpc) is 2.89. The number of oxime groups is 1. The summed E-state index contributed by atoms with van der Waals surface area (Å²) in [4.78, 5) is 17.0. The second-order valence-corrected chi connectivity index (χ2v) is 6.28. The molecule has 0 fully saturated rings. The number of hydrogen-bond acceptors (Lipinski definition) is 6. The maximum atomic E-state index is 12.5. The van der Waals surface area contributed by atoms with Crippen molar-refractivity contribution in [2.24, 2.45) is 12.2 Å². The van der Waals surface area contributed by atoms with Crippen molar-refractivity contribution < 1.29 is 27.9 Å². The zero-order valence-electron chi connectivity index (χ0n) is 14.6. The number of halogens is 5. The van der Waals surface area contributed by atoms with Gasteiger partial charge in [-0.3, -0.25) is 0 Å². The van der Waals surface area contributed by atoms with Crippen LogP contribution >= 0.6 is 34.8 Å². The molecular formula is C16H14Cl3F2N3O4. The summed E-state index contributed by atoms with van der Waals surface area (Å²) < 4.78 is 35.5. The van der Waals surface area contributed by atoms with E-state index in [2.05, 4.69) is 15.0 Å². The van der Waals surface area contributed by atoms with Crippen molar-refractivity contribution in [3.8, 4) is 17.1 Å². The number of aromatic nitrogens is 2. The first-order valence-electron chi connectivity index (χ1n) is 7.73. The Labute approximate surface area is 173 Å². The van der Waals surface area contributed by atoms with Gasteiger partial charge in [0, 0.05) is 12.6 Å². The summed E-state index contributed by atoms with van der Waals surface area (Å²) in [6.07, 6.45) is 1.26. The molecule has 0 unspecified atom stereocenters. The number of alkyl halides is 2. The van der Waals surface area contributed by atoms with Crippen molar-refractivity contribution >= 4 is 47.0 Å². The number of carbonyl (C=O) groups excluding carboxylic acids is 1. The lowest BCUT2D eigenvalue weighted by Crippen LogP contribution is -2.08. The maximum Gasteiger partial charge on any atom is 0.388 e. The molecule has 0 aliphatic rings. The van der Waals surface area contributed by atoms with E-state index < -0.39 is 12.6 Å². The zero-order valence-corrected chi connectivity index (χ0v) is 16.9. The van der Waals surface area contributed by atoms with E-state index in [1.165, 1.54) is 25.4 Å². The molecule has 0 spiro atoms. The van der Waals surface area contributed by atoms with Gasteiger partial charge in [-0.1, -0.05) is 40.0 Å². The number of rotatable bonds is 8. The fourth-order valence-corrected chi connectivity index (χ4v) is 2.96. The number of hydrogen-bond donors (Lipinski definition) is 0. The molecule has 2 aromatic rings. The molecule has 0 radical (unpaired) electrons. The highest BCUT2D eigenvalue weighted by molar-refractivity contribution is 6.39. The molecule has 7 nitrogen and oxygen atoms in total. The van der Waals surface area contributed by atoms with Gasteiger partial charge in [0.25, 0.3) is 0 Å². The first-order valence-corrected chi connectivity index (χ1v) is 8.87. The molecule has 152 valence electrons. The van der Waals surface area contributed by atoms with Gasteiger partial charge in [-0.25, -0.2) is 9.48 Å². The SMILES string of the molecule is CCO/N=C\COC(=O)c1cc(-c2nn(C)c(OC(F)F)c2Cl)c(Cl)cc1Cl. The molecule has 0 bridgehead atoms. The highest BCUT2D eigenvalue weighted by Gasteiger charge is 2.24. The first kappa shape index (κ1) is 22.2. The fourth-order valence-electron chi connectivity index (χ4n) is 2.10. The second kappa shape index (κ2) is 9.90. The molecule has 1 heterocycles. The van der Waals surface area contributed by atoms with Crippen LogP contribution in [-0.4, -0.2) is 41.8 Å². The molecule has 1 aromatic carbocycles. The standard InChI is InChI=1S/C16H14Cl3F2N3O4/c1-3-27-22-4-5-26-15(25)9-6-8(10(17)7-11(9)18)13-12(19)14(24(2)23-13)28-16(20)21/h4,6-7,16H,3,5H2,1-2H3/b22-4-. The smallest absolute Gasteiger partial charge is 0.388 e. The molecule has 0 aliphatic heterocycles. The molecule has 0 amide bonds. The minimum atomic E-state index is -3.09. The van der Waals surface area contributed by atoms with Crippen molar-refractivity contribution in [2.75, 3.05) is 13.2 Å². The number of esters is 1. The fraction of sp³-hybridized carbons (Fsp3) is 0.312. The van der Waals surface area contributed by atoms with Crippen LogP contribution in [0.4, 0.5) is 8.78 Å². The summed E-state index contributed by atoms with van der Waals surface area (Å²) in [5.74, 6) is -1.11. The third-order valence-corrected chi connectivity index (χ3v) is 4.21. The summed E-state index contributed by atoms with van der Waals surface area (Å²) in [6.45, 7) is -1.12. The van der Waals surface area contributed by atoms with Gasteiger partial charge in [-0.2, -0.15) is 13.9 Å². The van der Waals surface area contributed by atoms with E-state index in [0.717, 1.165) is 4.68 Å². The van der Waals surface area contributed by atoms with Crippen LogP contribution in [0.25, 0.3) is 11.3 Å². The van der Waals surface area contributed by atoms with E-state index in [0.29, 0.717) is 6.61 Å². The van der Waals surface area contributed by atoms with Crippen LogP contribution in [0.3, 0.4) is 0 Å². The van der Waals surface area contributed by atoms with E-state index in [-0.39, 0.29) is 44.4 Å². The van der Waals surface area contributed by atoms with Crippen molar-refractivity contribution in [1.82, 2.24) is 9.78 Å². The van der Waals surface area contributed by atoms with Gasteiger partial charge in [0.1, 0.15) is 23.9 Å². The van der Waals surface area contributed by atoms with E-state index in [1.54, 1.807) is 6.92 Å². The number of carbonyl (C=O) groups is 1. The third kappa shape index (κ3) is 5.24.